The number of aromatic nitrogens is 3. The number of piperidine rings is 1. The number of aryl methyl sites for hydroxylation is 1. The first-order valence-corrected chi connectivity index (χ1v) is 9.29. The van der Waals surface area contributed by atoms with Crippen molar-refractivity contribution in [2.75, 3.05) is 18.0 Å². The third-order valence-corrected chi connectivity index (χ3v) is 5.80. The molecule has 1 unspecified atom stereocenters. The van der Waals surface area contributed by atoms with Crippen molar-refractivity contribution in [2.24, 2.45) is 5.92 Å². The average molecular weight is 375 g/mol. The van der Waals surface area contributed by atoms with Crippen LogP contribution in [0.15, 0.2) is 18.6 Å². The van der Waals surface area contributed by atoms with E-state index in [-0.39, 0.29) is 22.7 Å². The van der Waals surface area contributed by atoms with Gasteiger partial charge in [-0.1, -0.05) is 0 Å². The molecule has 26 heavy (non-hydrogen) atoms. The Bertz CT molecular complexity index is 787. The van der Waals surface area contributed by atoms with Crippen molar-refractivity contribution < 1.29 is 14.7 Å². The molecule has 0 spiro atoms. The van der Waals surface area contributed by atoms with Crippen molar-refractivity contribution in [1.29, 1.82) is 0 Å². The summed E-state index contributed by atoms with van der Waals surface area (Å²) in [4.78, 5) is 38.7. The molecule has 0 radical (unpaired) electrons. The Morgan fingerprint density at radius 2 is 2.08 bits per heavy atom. The number of anilines is 1. The summed E-state index contributed by atoms with van der Waals surface area (Å²) in [6, 6.07) is -0.308. The number of thiazole rings is 1. The number of rotatable bonds is 5. The molecule has 2 aromatic heterocycles. The summed E-state index contributed by atoms with van der Waals surface area (Å²) in [6.07, 6.45) is 6.52. The van der Waals surface area contributed by atoms with E-state index in [0.29, 0.717) is 10.7 Å². The third-order valence-electron chi connectivity index (χ3n) is 4.48. The maximum Gasteiger partial charge on any atom is 0.347 e. The normalized spacial score (nSPS) is 16.3. The topological polar surface area (TPSA) is 108 Å². The van der Waals surface area contributed by atoms with Crippen LogP contribution >= 0.6 is 11.3 Å². The molecule has 2 N–H and O–H groups in total. The number of carboxylic acid groups (broad SMARTS) is 1. The summed E-state index contributed by atoms with van der Waals surface area (Å²) in [5.74, 6) is -0.230. The van der Waals surface area contributed by atoms with Crippen LogP contribution in [0.2, 0.25) is 0 Å². The molecule has 1 saturated heterocycles. The number of hydrogen-bond donors (Lipinski definition) is 2. The summed E-state index contributed by atoms with van der Waals surface area (Å²) >= 11 is 1.11. The van der Waals surface area contributed by atoms with Crippen LogP contribution in [0.5, 0.6) is 0 Å². The van der Waals surface area contributed by atoms with Crippen molar-refractivity contribution in [3.63, 3.8) is 0 Å². The van der Waals surface area contributed by atoms with Crippen LogP contribution < -0.4 is 10.2 Å². The summed E-state index contributed by atoms with van der Waals surface area (Å²) in [5.41, 5.74) is 0.482. The first kappa shape index (κ1) is 18.2. The average Bonchev–Trinajstić information content (AvgIpc) is 3.05. The van der Waals surface area contributed by atoms with Gasteiger partial charge in [-0.2, -0.15) is 0 Å². The lowest BCUT2D eigenvalue weighted by atomic mass is 9.95. The highest BCUT2D eigenvalue weighted by atomic mass is 32.1. The fourth-order valence-electron chi connectivity index (χ4n) is 3.02. The highest BCUT2D eigenvalue weighted by molar-refractivity contribution is 7.13. The monoisotopic (exact) mass is 375 g/mol. The van der Waals surface area contributed by atoms with E-state index < -0.39 is 5.97 Å². The zero-order valence-corrected chi connectivity index (χ0v) is 15.5. The number of carboxylic acids is 1. The van der Waals surface area contributed by atoms with Gasteiger partial charge in [-0.05, 0) is 26.7 Å². The highest BCUT2D eigenvalue weighted by Gasteiger charge is 2.27. The van der Waals surface area contributed by atoms with Crippen LogP contribution in [0.4, 0.5) is 5.82 Å². The van der Waals surface area contributed by atoms with Crippen molar-refractivity contribution in [1.82, 2.24) is 20.3 Å². The lowest BCUT2D eigenvalue weighted by Crippen LogP contribution is -2.41. The zero-order chi connectivity index (χ0) is 18.7. The van der Waals surface area contributed by atoms with E-state index in [9.17, 15) is 9.59 Å². The van der Waals surface area contributed by atoms with Crippen molar-refractivity contribution >= 4 is 29.0 Å². The SMILES string of the molecule is Cc1nc(C(C)NC(=O)C2CCN(c3cnccn3)CC2)sc1C(=O)O. The van der Waals surface area contributed by atoms with E-state index in [1.807, 2.05) is 6.92 Å². The molecule has 1 amide bonds. The van der Waals surface area contributed by atoms with E-state index in [2.05, 4.69) is 25.2 Å². The molecule has 0 aromatic carbocycles. The van der Waals surface area contributed by atoms with Crippen molar-refractivity contribution in [2.45, 2.75) is 32.7 Å². The fraction of sp³-hybridized carbons (Fsp3) is 0.471. The van der Waals surface area contributed by atoms with E-state index in [1.54, 1.807) is 25.5 Å². The number of nitrogens with zero attached hydrogens (tertiary/aromatic N) is 4. The second-order valence-corrected chi connectivity index (χ2v) is 7.36. The highest BCUT2D eigenvalue weighted by Crippen LogP contribution is 2.25. The number of aromatic carboxylic acids is 1. The second kappa shape index (κ2) is 7.77. The van der Waals surface area contributed by atoms with Gasteiger partial charge in [0.2, 0.25) is 5.91 Å². The Hall–Kier alpha value is -2.55. The molecule has 0 bridgehead atoms. The van der Waals surface area contributed by atoms with Crippen LogP contribution in [0.25, 0.3) is 0 Å². The van der Waals surface area contributed by atoms with Crippen LogP contribution in [-0.2, 0) is 4.79 Å². The van der Waals surface area contributed by atoms with Gasteiger partial charge in [0.15, 0.2) is 0 Å². The lowest BCUT2D eigenvalue weighted by Gasteiger charge is -2.32. The molecule has 1 aliphatic heterocycles. The van der Waals surface area contributed by atoms with Gasteiger partial charge in [-0.15, -0.1) is 11.3 Å². The van der Waals surface area contributed by atoms with Gasteiger partial charge < -0.3 is 15.3 Å². The molecule has 0 aliphatic carbocycles. The van der Waals surface area contributed by atoms with Crippen molar-refractivity contribution in [3.8, 4) is 0 Å². The van der Waals surface area contributed by atoms with Crippen LogP contribution in [-0.4, -0.2) is 45.0 Å². The molecule has 3 heterocycles. The largest absolute Gasteiger partial charge is 0.477 e. The van der Waals surface area contributed by atoms with Crippen molar-refractivity contribution in [3.05, 3.63) is 34.2 Å². The number of carbonyl (C=O) groups excluding carboxylic acids is 1. The molecule has 0 saturated carbocycles. The molecular formula is C17H21N5O3S. The molecule has 1 fully saturated rings. The molecule has 3 rings (SSSR count). The molecule has 2 aromatic rings. The maximum absolute atomic E-state index is 12.6. The van der Waals surface area contributed by atoms with Gasteiger partial charge in [0.05, 0.1) is 17.9 Å². The molecular weight excluding hydrogens is 354 g/mol. The first-order valence-electron chi connectivity index (χ1n) is 8.47. The molecule has 1 aliphatic rings. The van der Waals surface area contributed by atoms with Crippen LogP contribution in [0.1, 0.15) is 46.2 Å². The molecule has 9 heteroatoms. The zero-order valence-electron chi connectivity index (χ0n) is 14.7. The predicted octanol–water partition coefficient (Wildman–Crippen LogP) is 2.03. The maximum atomic E-state index is 12.6. The standard InChI is InChI=1S/C17H21N5O3S/c1-10-14(17(24)25)26-16(21-10)11(2)20-15(23)12-3-7-22(8-4-12)13-9-18-5-6-19-13/h5-6,9,11-12H,3-4,7-8H2,1-2H3,(H,20,23)(H,24,25). The minimum Gasteiger partial charge on any atom is -0.477 e. The number of amides is 1. The predicted molar refractivity (Wildman–Crippen MR) is 97.3 cm³/mol. The number of carbonyl (C=O) groups is 2. The summed E-state index contributed by atoms with van der Waals surface area (Å²) in [6.45, 7) is 5.01. The van der Waals surface area contributed by atoms with Gasteiger partial charge in [0, 0.05) is 31.4 Å². The summed E-state index contributed by atoms with van der Waals surface area (Å²) in [5, 5.41) is 12.7. The molecule has 8 nitrogen and oxygen atoms in total. The minimum absolute atomic E-state index is 0.0129. The second-order valence-electron chi connectivity index (χ2n) is 6.33. The quantitative estimate of drug-likeness (QED) is 0.823. The first-order chi connectivity index (χ1) is 12.5. The van der Waals surface area contributed by atoms with E-state index >= 15 is 0 Å². The Kier molecular flexibility index (Phi) is 5.46. The number of hydrogen-bond acceptors (Lipinski definition) is 7. The van der Waals surface area contributed by atoms with Gasteiger partial charge in [0.25, 0.3) is 0 Å². The van der Waals surface area contributed by atoms with Gasteiger partial charge >= 0.3 is 5.97 Å². The summed E-state index contributed by atoms with van der Waals surface area (Å²) in [7, 11) is 0. The Morgan fingerprint density at radius 3 is 2.65 bits per heavy atom. The molecule has 1 atom stereocenters. The van der Waals surface area contributed by atoms with E-state index in [4.69, 9.17) is 5.11 Å². The van der Waals surface area contributed by atoms with Gasteiger partial charge in [-0.3, -0.25) is 9.78 Å². The van der Waals surface area contributed by atoms with Gasteiger partial charge in [-0.25, -0.2) is 14.8 Å². The Morgan fingerprint density at radius 1 is 1.35 bits per heavy atom. The Balaban J connectivity index is 1.55. The van der Waals surface area contributed by atoms with Gasteiger partial charge in [0.1, 0.15) is 15.7 Å². The van der Waals surface area contributed by atoms with E-state index in [0.717, 1.165) is 43.1 Å². The van der Waals surface area contributed by atoms with Crippen LogP contribution in [0, 0.1) is 12.8 Å². The number of nitrogens with one attached hydrogen (secondary N) is 1. The lowest BCUT2D eigenvalue weighted by molar-refractivity contribution is -0.126. The van der Waals surface area contributed by atoms with Crippen LogP contribution in [0.3, 0.4) is 0 Å². The van der Waals surface area contributed by atoms with E-state index in [1.165, 1.54) is 0 Å². The smallest absolute Gasteiger partial charge is 0.347 e. The Labute approximate surface area is 155 Å². The fourth-order valence-corrected chi connectivity index (χ4v) is 3.93. The third kappa shape index (κ3) is 3.98. The summed E-state index contributed by atoms with van der Waals surface area (Å²) < 4.78 is 0. The molecule has 138 valence electrons. The minimum atomic E-state index is -0.985.